The van der Waals surface area contributed by atoms with Crippen molar-refractivity contribution in [1.82, 2.24) is 5.32 Å². The smallest absolute Gasteiger partial charge is 0.220 e. The Balaban J connectivity index is 1.66. The van der Waals surface area contributed by atoms with Gasteiger partial charge in [-0.2, -0.15) is 0 Å². The maximum atomic E-state index is 12.9. The predicted octanol–water partition coefficient (Wildman–Crippen LogP) is 1.52. The monoisotopic (exact) mass is 237 g/mol. The van der Waals surface area contributed by atoms with Crippen LogP contribution < -0.4 is 5.32 Å². The lowest BCUT2D eigenvalue weighted by atomic mass is 10.0. The first-order chi connectivity index (χ1) is 8.24. The first-order valence-electron chi connectivity index (χ1n) is 5.83. The molecule has 1 saturated heterocycles. The van der Waals surface area contributed by atoms with Crippen LogP contribution in [0, 0.1) is 11.7 Å². The van der Waals surface area contributed by atoms with Gasteiger partial charge in [0.25, 0.3) is 0 Å². The second-order valence-electron chi connectivity index (χ2n) is 4.34. The summed E-state index contributed by atoms with van der Waals surface area (Å²) in [5.74, 6) is 0.194. The lowest BCUT2D eigenvalue weighted by Crippen LogP contribution is -2.35. The van der Waals surface area contributed by atoms with Gasteiger partial charge in [-0.25, -0.2) is 4.39 Å². The number of halogens is 1. The average Bonchev–Trinajstić information content (AvgIpc) is 2.24. The molecule has 1 aliphatic heterocycles. The van der Waals surface area contributed by atoms with E-state index in [0.29, 0.717) is 38.5 Å². The molecule has 1 aromatic rings. The lowest BCUT2D eigenvalue weighted by Gasteiger charge is -2.25. The highest BCUT2D eigenvalue weighted by Crippen LogP contribution is 2.13. The second-order valence-corrected chi connectivity index (χ2v) is 4.34. The van der Waals surface area contributed by atoms with Crippen molar-refractivity contribution in [2.24, 2.45) is 5.92 Å². The summed E-state index contributed by atoms with van der Waals surface area (Å²) in [6, 6.07) is 6.44. The topological polar surface area (TPSA) is 38.3 Å². The number of hydrogen-bond donors (Lipinski definition) is 1. The molecule has 1 amide bonds. The van der Waals surface area contributed by atoms with Crippen LogP contribution in [0.3, 0.4) is 0 Å². The van der Waals surface area contributed by atoms with Crippen LogP contribution in [0.2, 0.25) is 0 Å². The Kier molecular flexibility index (Phi) is 4.09. The Morgan fingerprint density at radius 3 is 2.94 bits per heavy atom. The quantitative estimate of drug-likeness (QED) is 0.843. The molecule has 4 heteroatoms. The normalized spacial score (nSPS) is 15.4. The molecule has 1 fully saturated rings. The zero-order chi connectivity index (χ0) is 12.1. The first-order valence-corrected chi connectivity index (χ1v) is 5.83. The van der Waals surface area contributed by atoms with Gasteiger partial charge in [0.15, 0.2) is 0 Å². The fraction of sp³-hybridized carbons (Fsp3) is 0.462. The summed E-state index contributed by atoms with van der Waals surface area (Å²) in [5.41, 5.74) is 0.900. The third kappa shape index (κ3) is 3.82. The van der Waals surface area contributed by atoms with Gasteiger partial charge in [0, 0.05) is 18.9 Å². The minimum Gasteiger partial charge on any atom is -0.381 e. The van der Waals surface area contributed by atoms with E-state index in [1.165, 1.54) is 12.1 Å². The second kappa shape index (κ2) is 5.77. The maximum Gasteiger partial charge on any atom is 0.220 e. The standard InChI is InChI=1S/C13H16FNO2/c14-12-3-1-2-10(6-12)4-5-15-13(16)7-11-8-17-9-11/h1-3,6,11H,4-5,7-9H2,(H,15,16). The van der Waals surface area contributed by atoms with Crippen molar-refractivity contribution < 1.29 is 13.9 Å². The number of amides is 1. The molecule has 1 heterocycles. The largest absolute Gasteiger partial charge is 0.381 e. The zero-order valence-corrected chi connectivity index (χ0v) is 9.62. The number of nitrogens with one attached hydrogen (secondary N) is 1. The van der Waals surface area contributed by atoms with Crippen LogP contribution >= 0.6 is 0 Å². The maximum absolute atomic E-state index is 12.9. The number of benzene rings is 1. The molecule has 2 rings (SSSR count). The van der Waals surface area contributed by atoms with Gasteiger partial charge in [-0.3, -0.25) is 4.79 Å². The van der Waals surface area contributed by atoms with Crippen LogP contribution in [-0.2, 0) is 16.0 Å². The summed E-state index contributed by atoms with van der Waals surface area (Å²) in [4.78, 5) is 11.5. The molecular weight excluding hydrogens is 221 g/mol. The molecule has 17 heavy (non-hydrogen) atoms. The van der Waals surface area contributed by atoms with Crippen molar-refractivity contribution >= 4 is 5.91 Å². The van der Waals surface area contributed by atoms with E-state index >= 15 is 0 Å². The summed E-state index contributed by atoms with van der Waals surface area (Å²) in [6.07, 6.45) is 1.19. The van der Waals surface area contributed by atoms with E-state index in [1.807, 2.05) is 6.07 Å². The van der Waals surface area contributed by atoms with Crippen LogP contribution in [0.25, 0.3) is 0 Å². The molecule has 3 nitrogen and oxygen atoms in total. The van der Waals surface area contributed by atoms with Gasteiger partial charge in [0.05, 0.1) is 13.2 Å². The van der Waals surface area contributed by atoms with Crippen LogP contribution in [0.15, 0.2) is 24.3 Å². The van der Waals surface area contributed by atoms with Gasteiger partial charge in [0.2, 0.25) is 5.91 Å². The number of ether oxygens (including phenoxy) is 1. The fourth-order valence-electron chi connectivity index (χ4n) is 1.78. The Morgan fingerprint density at radius 1 is 1.47 bits per heavy atom. The van der Waals surface area contributed by atoms with Crippen molar-refractivity contribution in [1.29, 1.82) is 0 Å². The van der Waals surface area contributed by atoms with Gasteiger partial charge in [0.1, 0.15) is 5.82 Å². The molecular formula is C13H16FNO2. The van der Waals surface area contributed by atoms with Gasteiger partial charge >= 0.3 is 0 Å². The molecule has 0 spiro atoms. The highest BCUT2D eigenvalue weighted by molar-refractivity contribution is 5.76. The zero-order valence-electron chi connectivity index (χ0n) is 9.62. The fourth-order valence-corrected chi connectivity index (χ4v) is 1.78. The molecule has 0 atom stereocenters. The molecule has 0 aliphatic carbocycles. The Hall–Kier alpha value is -1.42. The number of rotatable bonds is 5. The summed E-state index contributed by atoms with van der Waals surface area (Å²) in [5, 5.41) is 2.83. The van der Waals surface area contributed by atoms with E-state index in [4.69, 9.17) is 4.74 Å². The molecule has 92 valence electrons. The molecule has 0 radical (unpaired) electrons. The van der Waals surface area contributed by atoms with Crippen molar-refractivity contribution in [2.75, 3.05) is 19.8 Å². The van der Waals surface area contributed by atoms with E-state index in [1.54, 1.807) is 6.07 Å². The van der Waals surface area contributed by atoms with Gasteiger partial charge < -0.3 is 10.1 Å². The SMILES string of the molecule is O=C(CC1COC1)NCCc1cccc(F)c1. The van der Waals surface area contributed by atoms with Crippen molar-refractivity contribution in [3.05, 3.63) is 35.6 Å². The van der Waals surface area contributed by atoms with E-state index < -0.39 is 0 Å². The van der Waals surface area contributed by atoms with E-state index in [9.17, 15) is 9.18 Å². The highest BCUT2D eigenvalue weighted by Gasteiger charge is 2.21. The van der Waals surface area contributed by atoms with Crippen molar-refractivity contribution in [2.45, 2.75) is 12.8 Å². The third-order valence-electron chi connectivity index (χ3n) is 2.81. The summed E-state index contributed by atoms with van der Waals surface area (Å²) < 4.78 is 17.9. The first kappa shape index (κ1) is 12.0. The third-order valence-corrected chi connectivity index (χ3v) is 2.81. The van der Waals surface area contributed by atoms with Crippen molar-refractivity contribution in [3.8, 4) is 0 Å². The van der Waals surface area contributed by atoms with Crippen LogP contribution in [-0.4, -0.2) is 25.7 Å². The molecule has 1 aromatic carbocycles. The van der Waals surface area contributed by atoms with Crippen LogP contribution in [0.1, 0.15) is 12.0 Å². The highest BCUT2D eigenvalue weighted by atomic mass is 19.1. The Morgan fingerprint density at radius 2 is 2.29 bits per heavy atom. The number of hydrogen-bond acceptors (Lipinski definition) is 2. The van der Waals surface area contributed by atoms with Crippen LogP contribution in [0.5, 0.6) is 0 Å². The molecule has 0 unspecified atom stereocenters. The molecule has 0 aromatic heterocycles. The van der Waals surface area contributed by atoms with Gasteiger partial charge in [-0.15, -0.1) is 0 Å². The summed E-state index contributed by atoms with van der Waals surface area (Å²) in [7, 11) is 0. The minimum atomic E-state index is -0.236. The lowest BCUT2D eigenvalue weighted by molar-refractivity contribution is -0.126. The number of carbonyl (C=O) groups is 1. The van der Waals surface area contributed by atoms with Gasteiger partial charge in [-0.1, -0.05) is 12.1 Å². The Labute approximate surface area is 100.0 Å². The van der Waals surface area contributed by atoms with Crippen molar-refractivity contribution in [3.63, 3.8) is 0 Å². The van der Waals surface area contributed by atoms with Gasteiger partial charge in [-0.05, 0) is 24.1 Å². The van der Waals surface area contributed by atoms with E-state index in [0.717, 1.165) is 5.56 Å². The Bertz CT molecular complexity index is 391. The van der Waals surface area contributed by atoms with Crippen LogP contribution in [0.4, 0.5) is 4.39 Å². The van der Waals surface area contributed by atoms with E-state index in [2.05, 4.69) is 5.32 Å². The van der Waals surface area contributed by atoms with E-state index in [-0.39, 0.29) is 11.7 Å². The molecule has 1 aliphatic rings. The summed E-state index contributed by atoms with van der Waals surface area (Å²) >= 11 is 0. The molecule has 0 bridgehead atoms. The molecule has 1 N–H and O–H groups in total. The molecule has 0 saturated carbocycles. The average molecular weight is 237 g/mol. The minimum absolute atomic E-state index is 0.0507. The number of carbonyl (C=O) groups excluding carboxylic acids is 1. The predicted molar refractivity (Wildman–Crippen MR) is 62.0 cm³/mol. The summed E-state index contributed by atoms with van der Waals surface area (Å²) in [6.45, 7) is 1.94.